The summed E-state index contributed by atoms with van der Waals surface area (Å²) in [6.07, 6.45) is -4.42. The van der Waals surface area contributed by atoms with Gasteiger partial charge in [0.05, 0.1) is 25.3 Å². The highest BCUT2D eigenvalue weighted by Gasteiger charge is 2.31. The summed E-state index contributed by atoms with van der Waals surface area (Å²) in [5.74, 6) is 1.09. The molecule has 2 N–H and O–H groups in total. The summed E-state index contributed by atoms with van der Waals surface area (Å²) < 4.78 is 44.8. The molecular formula is C23H28F3IN4O2. The van der Waals surface area contributed by atoms with Crippen LogP contribution in [0.3, 0.4) is 0 Å². The van der Waals surface area contributed by atoms with E-state index >= 15 is 0 Å². The van der Waals surface area contributed by atoms with Crippen molar-refractivity contribution in [3.63, 3.8) is 0 Å². The van der Waals surface area contributed by atoms with E-state index in [2.05, 4.69) is 15.6 Å². The van der Waals surface area contributed by atoms with Gasteiger partial charge in [-0.1, -0.05) is 30.3 Å². The highest BCUT2D eigenvalue weighted by Crippen LogP contribution is 2.35. The number of carbonyl (C=O) groups is 1. The third kappa shape index (κ3) is 7.24. The summed E-state index contributed by atoms with van der Waals surface area (Å²) in [5, 5.41) is 6.25. The van der Waals surface area contributed by atoms with Crippen molar-refractivity contribution >= 4 is 35.8 Å². The predicted octanol–water partition coefficient (Wildman–Crippen LogP) is 4.01. The van der Waals surface area contributed by atoms with Crippen LogP contribution in [0.15, 0.2) is 53.5 Å². The second kappa shape index (κ2) is 11.6. The number of likely N-dealkylation sites (N-methyl/N-ethyl adjacent to an activating group) is 1. The first-order chi connectivity index (χ1) is 15.1. The Hall–Kier alpha value is -2.50. The van der Waals surface area contributed by atoms with E-state index < -0.39 is 11.7 Å². The van der Waals surface area contributed by atoms with Crippen LogP contribution in [0, 0.1) is 0 Å². The van der Waals surface area contributed by atoms with Crippen LogP contribution in [0.5, 0.6) is 5.75 Å². The van der Waals surface area contributed by atoms with Crippen molar-refractivity contribution in [3.05, 3.63) is 65.2 Å². The van der Waals surface area contributed by atoms with Crippen molar-refractivity contribution in [2.24, 2.45) is 4.99 Å². The van der Waals surface area contributed by atoms with E-state index in [0.29, 0.717) is 18.1 Å². The average molecular weight is 576 g/mol. The smallest absolute Gasteiger partial charge is 0.416 e. The van der Waals surface area contributed by atoms with Gasteiger partial charge in [-0.3, -0.25) is 4.79 Å². The molecule has 0 bridgehead atoms. The van der Waals surface area contributed by atoms with Crippen LogP contribution in [0.1, 0.15) is 29.5 Å². The molecule has 6 nitrogen and oxygen atoms in total. The molecule has 2 unspecified atom stereocenters. The average Bonchev–Trinajstić information content (AvgIpc) is 3.19. The fraction of sp³-hybridized carbons (Fsp3) is 0.391. The number of guanidine groups is 1. The van der Waals surface area contributed by atoms with E-state index in [0.717, 1.165) is 23.4 Å². The van der Waals surface area contributed by atoms with E-state index in [-0.39, 0.29) is 54.9 Å². The molecular weight excluding hydrogens is 548 g/mol. The van der Waals surface area contributed by atoms with Crippen molar-refractivity contribution in [3.8, 4) is 5.75 Å². The van der Waals surface area contributed by atoms with Gasteiger partial charge in [0.1, 0.15) is 5.75 Å². The summed E-state index contributed by atoms with van der Waals surface area (Å²) in [5.41, 5.74) is 0.777. The standard InChI is InChI=1S/C23H27F3N4O2.HI/c1-15(19-14-32-20-10-5-4-9-18(19)20)29-22(28-13-21(31)30(2)3)27-12-16-7-6-8-17(11-16)23(24,25)26;/h4-11,15,19H,12-14H2,1-3H3,(H2,27,28,29);1H. The van der Waals surface area contributed by atoms with Crippen LogP contribution in [-0.2, 0) is 17.5 Å². The molecule has 1 amide bonds. The fourth-order valence-electron chi connectivity index (χ4n) is 3.40. The number of benzene rings is 2. The van der Waals surface area contributed by atoms with Gasteiger partial charge >= 0.3 is 6.18 Å². The van der Waals surface area contributed by atoms with Gasteiger partial charge in [-0.25, -0.2) is 4.99 Å². The van der Waals surface area contributed by atoms with E-state index in [1.807, 2.05) is 31.2 Å². The Balaban J connectivity index is 0.00000385. The van der Waals surface area contributed by atoms with Crippen molar-refractivity contribution in [2.75, 3.05) is 27.2 Å². The monoisotopic (exact) mass is 576 g/mol. The summed E-state index contributed by atoms with van der Waals surface area (Å²) >= 11 is 0. The number of hydrogen-bond acceptors (Lipinski definition) is 3. The quantitative estimate of drug-likeness (QED) is 0.310. The lowest BCUT2D eigenvalue weighted by Crippen LogP contribution is -2.47. The molecule has 0 saturated carbocycles. The molecule has 2 aromatic rings. The van der Waals surface area contributed by atoms with E-state index in [1.54, 1.807) is 20.2 Å². The third-order valence-electron chi connectivity index (χ3n) is 5.28. The lowest BCUT2D eigenvalue weighted by atomic mass is 9.94. The number of hydrogen-bond donors (Lipinski definition) is 2. The van der Waals surface area contributed by atoms with Gasteiger partial charge in [-0.2, -0.15) is 13.2 Å². The van der Waals surface area contributed by atoms with E-state index in [9.17, 15) is 18.0 Å². The third-order valence-corrected chi connectivity index (χ3v) is 5.28. The molecule has 0 radical (unpaired) electrons. The number of alkyl halides is 3. The van der Waals surface area contributed by atoms with Crippen LogP contribution in [0.25, 0.3) is 0 Å². The first-order valence-corrected chi connectivity index (χ1v) is 10.3. The zero-order valence-electron chi connectivity index (χ0n) is 18.6. The minimum absolute atomic E-state index is 0. The van der Waals surface area contributed by atoms with E-state index in [1.165, 1.54) is 11.0 Å². The SMILES string of the molecule is CC(NC(=NCc1cccc(C(F)(F)F)c1)NCC(=O)N(C)C)C1COc2ccccc21.I. The molecule has 3 rings (SSSR count). The van der Waals surface area contributed by atoms with Crippen molar-refractivity contribution < 1.29 is 22.7 Å². The molecule has 0 aromatic heterocycles. The molecule has 0 aliphatic carbocycles. The number of carbonyl (C=O) groups excluding carboxylic acids is 1. The number of rotatable bonds is 6. The van der Waals surface area contributed by atoms with Crippen LogP contribution in [0.2, 0.25) is 0 Å². The zero-order valence-corrected chi connectivity index (χ0v) is 21.0. The lowest BCUT2D eigenvalue weighted by molar-refractivity contribution is -0.137. The molecule has 1 aliphatic rings. The molecule has 0 spiro atoms. The Bertz CT molecular complexity index is 982. The molecule has 0 saturated heterocycles. The Morgan fingerprint density at radius 1 is 1.21 bits per heavy atom. The number of aliphatic imine (C=N–C) groups is 1. The normalized spacial score (nSPS) is 16.2. The highest BCUT2D eigenvalue weighted by molar-refractivity contribution is 14.0. The van der Waals surface area contributed by atoms with Gasteiger partial charge in [0.15, 0.2) is 5.96 Å². The predicted molar refractivity (Wildman–Crippen MR) is 132 cm³/mol. The van der Waals surface area contributed by atoms with Gasteiger partial charge in [-0.15, -0.1) is 24.0 Å². The second-order valence-electron chi connectivity index (χ2n) is 7.89. The number of para-hydroxylation sites is 1. The van der Waals surface area contributed by atoms with Gasteiger partial charge in [0, 0.05) is 31.6 Å². The summed E-state index contributed by atoms with van der Waals surface area (Å²) in [6.45, 7) is 2.52. The van der Waals surface area contributed by atoms with Gasteiger partial charge in [0.2, 0.25) is 5.91 Å². The van der Waals surface area contributed by atoms with Crippen molar-refractivity contribution in [1.82, 2.24) is 15.5 Å². The van der Waals surface area contributed by atoms with Crippen molar-refractivity contribution in [1.29, 1.82) is 0 Å². The Labute approximate surface area is 208 Å². The van der Waals surface area contributed by atoms with Gasteiger partial charge in [0.25, 0.3) is 0 Å². The number of amides is 1. The number of halogens is 4. The van der Waals surface area contributed by atoms with Crippen LogP contribution >= 0.6 is 24.0 Å². The molecule has 2 aromatic carbocycles. The first-order valence-electron chi connectivity index (χ1n) is 10.3. The molecule has 33 heavy (non-hydrogen) atoms. The first kappa shape index (κ1) is 26.7. The number of ether oxygens (including phenoxy) is 1. The molecule has 2 atom stereocenters. The molecule has 180 valence electrons. The van der Waals surface area contributed by atoms with Crippen LogP contribution in [0.4, 0.5) is 13.2 Å². The highest BCUT2D eigenvalue weighted by atomic mass is 127. The Morgan fingerprint density at radius 3 is 2.64 bits per heavy atom. The van der Waals surface area contributed by atoms with E-state index in [4.69, 9.17) is 4.74 Å². The molecule has 0 fully saturated rings. The topological polar surface area (TPSA) is 66.0 Å². The Morgan fingerprint density at radius 2 is 1.94 bits per heavy atom. The van der Waals surface area contributed by atoms with Crippen LogP contribution < -0.4 is 15.4 Å². The van der Waals surface area contributed by atoms with Crippen LogP contribution in [-0.4, -0.2) is 50.1 Å². The zero-order chi connectivity index (χ0) is 23.3. The maximum absolute atomic E-state index is 13.0. The van der Waals surface area contributed by atoms with Gasteiger partial charge < -0.3 is 20.3 Å². The largest absolute Gasteiger partial charge is 0.493 e. The molecule has 1 heterocycles. The van der Waals surface area contributed by atoms with Gasteiger partial charge in [-0.05, 0) is 30.7 Å². The maximum atomic E-state index is 13.0. The minimum Gasteiger partial charge on any atom is -0.493 e. The maximum Gasteiger partial charge on any atom is 0.416 e. The summed E-state index contributed by atoms with van der Waals surface area (Å²) in [7, 11) is 3.29. The minimum atomic E-state index is -4.42. The van der Waals surface area contributed by atoms with Crippen molar-refractivity contribution in [2.45, 2.75) is 31.6 Å². The number of nitrogens with zero attached hydrogens (tertiary/aromatic N) is 2. The lowest BCUT2D eigenvalue weighted by Gasteiger charge is -2.23. The summed E-state index contributed by atoms with van der Waals surface area (Å²) in [6, 6.07) is 12.7. The number of fused-ring (bicyclic) bond motifs is 1. The second-order valence-corrected chi connectivity index (χ2v) is 7.89. The fourth-order valence-corrected chi connectivity index (χ4v) is 3.40. The Kier molecular flexibility index (Phi) is 9.38. The summed E-state index contributed by atoms with van der Waals surface area (Å²) in [4.78, 5) is 17.9. The molecule has 10 heteroatoms. The molecule has 1 aliphatic heterocycles. The number of nitrogens with one attached hydrogen (secondary N) is 2.